The van der Waals surface area contributed by atoms with E-state index < -0.39 is 0 Å². The largest absolute Gasteiger partial charge is 0.357 e. The summed E-state index contributed by atoms with van der Waals surface area (Å²) in [5.41, 5.74) is 1.08. The Balaban J connectivity index is 0.00000338. The molecule has 0 bridgehead atoms. The molecule has 0 aliphatic heterocycles. The molecule has 0 radical (unpaired) electrons. The van der Waals surface area contributed by atoms with Crippen molar-refractivity contribution in [3.8, 4) is 0 Å². The number of hydrogen-bond donors (Lipinski definition) is 2. The molecule has 0 aliphatic rings. The summed E-state index contributed by atoms with van der Waals surface area (Å²) in [5.74, 6) is 0.809. The van der Waals surface area contributed by atoms with Crippen molar-refractivity contribution in [1.82, 2.24) is 20.2 Å². The highest BCUT2D eigenvalue weighted by Crippen LogP contribution is 2.11. The average molecular weight is 489 g/mol. The van der Waals surface area contributed by atoms with Gasteiger partial charge in [0.2, 0.25) is 0 Å². The second kappa shape index (κ2) is 12.1. The van der Waals surface area contributed by atoms with Crippen LogP contribution in [0.3, 0.4) is 0 Å². The Morgan fingerprint density at radius 2 is 2.08 bits per heavy atom. The minimum atomic E-state index is 0. The number of hydrogen-bond acceptors (Lipinski definition) is 4. The van der Waals surface area contributed by atoms with Crippen LogP contribution in [0.5, 0.6) is 0 Å². The zero-order valence-corrected chi connectivity index (χ0v) is 18.8. The van der Waals surface area contributed by atoms with Crippen LogP contribution in [0.2, 0.25) is 0 Å². The van der Waals surface area contributed by atoms with Crippen LogP contribution in [0.4, 0.5) is 0 Å². The third kappa shape index (κ3) is 7.45. The zero-order valence-electron chi connectivity index (χ0n) is 15.6. The standard InChI is InChI=1S/C18H27N5OS.HI/c1-4-19-18(22-13-16-21-12-15(3)25-16)20-10-5-6-11-23-14(2)8-7-9-17(23)24;/h7-9,12H,4-6,10-11,13H2,1-3H3,(H2,19,20,22);1H. The highest BCUT2D eigenvalue weighted by atomic mass is 127. The van der Waals surface area contributed by atoms with Crippen molar-refractivity contribution in [2.75, 3.05) is 13.1 Å². The molecular formula is C18H28IN5OS. The minimum absolute atomic E-state index is 0. The summed E-state index contributed by atoms with van der Waals surface area (Å²) >= 11 is 1.67. The lowest BCUT2D eigenvalue weighted by Gasteiger charge is -2.12. The first-order chi connectivity index (χ1) is 12.1. The Labute approximate surface area is 176 Å². The number of aliphatic imine (C=N–C) groups is 1. The summed E-state index contributed by atoms with van der Waals surface area (Å²) in [6.45, 7) is 9.05. The first-order valence-electron chi connectivity index (χ1n) is 8.70. The number of guanidine groups is 1. The Morgan fingerprint density at radius 1 is 1.27 bits per heavy atom. The van der Waals surface area contributed by atoms with Gasteiger partial charge in [0, 0.05) is 42.5 Å². The van der Waals surface area contributed by atoms with E-state index in [2.05, 4.69) is 27.5 Å². The molecule has 0 aliphatic carbocycles. The maximum atomic E-state index is 11.8. The second-order valence-corrected chi connectivity index (χ2v) is 7.17. The fourth-order valence-corrected chi connectivity index (χ4v) is 3.19. The lowest BCUT2D eigenvalue weighted by molar-refractivity contribution is 0.575. The molecule has 2 rings (SSSR count). The summed E-state index contributed by atoms with van der Waals surface area (Å²) in [4.78, 5) is 21.9. The molecule has 2 aromatic rings. The summed E-state index contributed by atoms with van der Waals surface area (Å²) in [5, 5.41) is 7.61. The maximum Gasteiger partial charge on any atom is 0.250 e. The number of aromatic nitrogens is 2. The SMILES string of the molecule is CCNC(=NCc1ncc(C)s1)NCCCCn1c(C)cccc1=O.I. The molecule has 2 heterocycles. The predicted molar refractivity (Wildman–Crippen MR) is 120 cm³/mol. The van der Waals surface area contributed by atoms with Gasteiger partial charge in [0.25, 0.3) is 5.56 Å². The Bertz CT molecular complexity index is 756. The third-order valence-corrected chi connectivity index (χ3v) is 4.65. The van der Waals surface area contributed by atoms with Gasteiger partial charge in [-0.3, -0.25) is 4.79 Å². The smallest absolute Gasteiger partial charge is 0.250 e. The van der Waals surface area contributed by atoms with Gasteiger partial charge < -0.3 is 15.2 Å². The van der Waals surface area contributed by atoms with Crippen molar-refractivity contribution in [3.05, 3.63) is 50.3 Å². The number of nitrogens with one attached hydrogen (secondary N) is 2. The monoisotopic (exact) mass is 489 g/mol. The Kier molecular flexibility index (Phi) is 10.5. The number of aryl methyl sites for hydroxylation is 2. The van der Waals surface area contributed by atoms with Crippen molar-refractivity contribution in [1.29, 1.82) is 0 Å². The number of halogens is 1. The van der Waals surface area contributed by atoms with Gasteiger partial charge >= 0.3 is 0 Å². The van der Waals surface area contributed by atoms with Crippen LogP contribution in [0.15, 0.2) is 34.2 Å². The number of unbranched alkanes of at least 4 members (excludes halogenated alkanes) is 1. The molecule has 2 N–H and O–H groups in total. The molecule has 0 aromatic carbocycles. The fourth-order valence-electron chi connectivity index (χ4n) is 2.47. The molecule has 6 nitrogen and oxygen atoms in total. The normalized spacial score (nSPS) is 11.1. The molecule has 0 fully saturated rings. The molecule has 0 unspecified atom stereocenters. The molecular weight excluding hydrogens is 461 g/mol. The highest BCUT2D eigenvalue weighted by Gasteiger charge is 2.02. The van der Waals surface area contributed by atoms with Gasteiger partial charge in [-0.15, -0.1) is 35.3 Å². The van der Waals surface area contributed by atoms with Crippen LogP contribution < -0.4 is 16.2 Å². The zero-order chi connectivity index (χ0) is 18.1. The van der Waals surface area contributed by atoms with E-state index in [0.717, 1.165) is 49.1 Å². The lowest BCUT2D eigenvalue weighted by Crippen LogP contribution is -2.37. The van der Waals surface area contributed by atoms with Gasteiger partial charge in [-0.05, 0) is 39.7 Å². The van der Waals surface area contributed by atoms with Crippen molar-refractivity contribution in [2.45, 2.75) is 46.7 Å². The lowest BCUT2D eigenvalue weighted by atomic mass is 10.3. The van der Waals surface area contributed by atoms with E-state index in [1.54, 1.807) is 23.5 Å². The summed E-state index contributed by atoms with van der Waals surface area (Å²) < 4.78 is 1.82. The summed E-state index contributed by atoms with van der Waals surface area (Å²) in [6, 6.07) is 5.39. The quantitative estimate of drug-likeness (QED) is 0.259. The molecule has 0 amide bonds. The van der Waals surface area contributed by atoms with Crippen LogP contribution in [0.1, 0.15) is 35.3 Å². The number of rotatable bonds is 8. The van der Waals surface area contributed by atoms with Crippen LogP contribution in [0, 0.1) is 13.8 Å². The van der Waals surface area contributed by atoms with Gasteiger partial charge in [0.1, 0.15) is 5.01 Å². The van der Waals surface area contributed by atoms with Crippen LogP contribution >= 0.6 is 35.3 Å². The number of thiazole rings is 1. The van der Waals surface area contributed by atoms with Crippen molar-refractivity contribution in [3.63, 3.8) is 0 Å². The van der Waals surface area contributed by atoms with Gasteiger partial charge in [0.05, 0.1) is 6.54 Å². The molecule has 26 heavy (non-hydrogen) atoms. The molecule has 2 aromatic heterocycles. The predicted octanol–water partition coefficient (Wildman–Crippen LogP) is 3.08. The summed E-state index contributed by atoms with van der Waals surface area (Å²) in [7, 11) is 0. The molecule has 0 saturated heterocycles. The maximum absolute atomic E-state index is 11.8. The minimum Gasteiger partial charge on any atom is -0.357 e. The Morgan fingerprint density at radius 3 is 2.73 bits per heavy atom. The molecule has 0 spiro atoms. The fraction of sp³-hybridized carbons (Fsp3) is 0.500. The van der Waals surface area contributed by atoms with Crippen molar-refractivity contribution >= 4 is 41.3 Å². The highest BCUT2D eigenvalue weighted by molar-refractivity contribution is 14.0. The van der Waals surface area contributed by atoms with E-state index >= 15 is 0 Å². The van der Waals surface area contributed by atoms with Gasteiger partial charge in [-0.2, -0.15) is 0 Å². The van der Waals surface area contributed by atoms with E-state index in [-0.39, 0.29) is 29.5 Å². The molecule has 0 atom stereocenters. The van der Waals surface area contributed by atoms with Gasteiger partial charge in [0.15, 0.2) is 5.96 Å². The van der Waals surface area contributed by atoms with E-state index in [9.17, 15) is 4.79 Å². The topological polar surface area (TPSA) is 71.3 Å². The number of pyridine rings is 1. The van der Waals surface area contributed by atoms with Crippen LogP contribution in [-0.4, -0.2) is 28.6 Å². The second-order valence-electron chi connectivity index (χ2n) is 5.85. The molecule has 144 valence electrons. The molecule has 0 saturated carbocycles. The average Bonchev–Trinajstić information content (AvgIpc) is 3.00. The van der Waals surface area contributed by atoms with Gasteiger partial charge in [-0.1, -0.05) is 6.07 Å². The first-order valence-corrected chi connectivity index (χ1v) is 9.51. The van der Waals surface area contributed by atoms with Gasteiger partial charge in [-0.25, -0.2) is 9.98 Å². The first kappa shape index (κ1) is 22.6. The van der Waals surface area contributed by atoms with E-state index in [1.165, 1.54) is 4.88 Å². The summed E-state index contributed by atoms with van der Waals surface area (Å²) in [6.07, 6.45) is 3.80. The Hall–Kier alpha value is -1.42. The van der Waals surface area contributed by atoms with Crippen molar-refractivity contribution < 1.29 is 0 Å². The van der Waals surface area contributed by atoms with E-state index in [0.29, 0.717) is 6.54 Å². The van der Waals surface area contributed by atoms with E-state index in [1.807, 2.05) is 30.7 Å². The van der Waals surface area contributed by atoms with E-state index in [4.69, 9.17) is 0 Å². The third-order valence-electron chi connectivity index (χ3n) is 3.75. The number of nitrogens with zero attached hydrogens (tertiary/aromatic N) is 3. The van der Waals surface area contributed by atoms with Crippen LogP contribution in [0.25, 0.3) is 0 Å². The van der Waals surface area contributed by atoms with Crippen LogP contribution in [-0.2, 0) is 13.1 Å². The van der Waals surface area contributed by atoms with Crippen molar-refractivity contribution in [2.24, 2.45) is 4.99 Å². The molecule has 8 heteroatoms.